The first-order chi connectivity index (χ1) is 23.5. The summed E-state index contributed by atoms with van der Waals surface area (Å²) in [5.74, 6) is 1.39. The molecular weight excluding hydrogens is 633 g/mol. The van der Waals surface area contributed by atoms with E-state index < -0.39 is 17.6 Å². The molecule has 254 valence electrons. The number of nitriles is 1. The van der Waals surface area contributed by atoms with E-state index in [4.69, 9.17) is 9.72 Å². The van der Waals surface area contributed by atoms with Gasteiger partial charge in [-0.05, 0) is 90.9 Å². The summed E-state index contributed by atoms with van der Waals surface area (Å²) in [6.07, 6.45) is 0.383. The third kappa shape index (κ3) is 6.89. The summed E-state index contributed by atoms with van der Waals surface area (Å²) in [6, 6.07) is 13.7. The highest BCUT2D eigenvalue weighted by atomic mass is 19.4. The van der Waals surface area contributed by atoms with Crippen LogP contribution in [-0.2, 0) is 31.1 Å². The summed E-state index contributed by atoms with van der Waals surface area (Å²) in [7, 11) is 1.81. The normalized spacial score (nSPS) is 16.6. The minimum absolute atomic E-state index is 0.0297. The van der Waals surface area contributed by atoms with E-state index in [1.807, 2.05) is 31.9 Å². The van der Waals surface area contributed by atoms with Gasteiger partial charge in [0.1, 0.15) is 18.0 Å². The summed E-state index contributed by atoms with van der Waals surface area (Å²) >= 11 is 0. The van der Waals surface area contributed by atoms with Gasteiger partial charge in [0.05, 0.1) is 35.9 Å². The topological polar surface area (TPSA) is 112 Å². The van der Waals surface area contributed by atoms with Crippen molar-refractivity contribution in [1.29, 1.82) is 5.26 Å². The summed E-state index contributed by atoms with van der Waals surface area (Å²) in [6.45, 7) is 5.81. The quantitative estimate of drug-likeness (QED) is 0.195. The van der Waals surface area contributed by atoms with Crippen LogP contribution in [0.1, 0.15) is 65.7 Å². The number of halogens is 3. The van der Waals surface area contributed by atoms with Gasteiger partial charge in [0.2, 0.25) is 0 Å². The van der Waals surface area contributed by atoms with Crippen LogP contribution in [0, 0.1) is 17.2 Å². The molecule has 0 spiro atoms. The highest BCUT2D eigenvalue weighted by Gasteiger charge is 2.41. The van der Waals surface area contributed by atoms with Gasteiger partial charge in [0.15, 0.2) is 5.82 Å². The predicted molar refractivity (Wildman–Crippen MR) is 177 cm³/mol. The second-order valence-corrected chi connectivity index (χ2v) is 13.5. The number of hydrogen-bond acceptors (Lipinski definition) is 8. The highest BCUT2D eigenvalue weighted by molar-refractivity contribution is 6.10. The van der Waals surface area contributed by atoms with Gasteiger partial charge in [-0.3, -0.25) is 14.6 Å². The molecule has 0 atom stereocenters. The second kappa shape index (κ2) is 12.9. The van der Waals surface area contributed by atoms with Crippen molar-refractivity contribution in [3.8, 4) is 28.6 Å². The van der Waals surface area contributed by atoms with Crippen LogP contribution in [0.3, 0.4) is 0 Å². The number of nitrogens with zero attached hydrogens (tertiary/aromatic N) is 7. The average Bonchev–Trinajstić information content (AvgIpc) is 3.68. The van der Waals surface area contributed by atoms with Crippen LogP contribution >= 0.6 is 0 Å². The molecule has 4 heterocycles. The zero-order valence-corrected chi connectivity index (χ0v) is 27.6. The Kier molecular flexibility index (Phi) is 8.62. The molecule has 4 aromatic rings. The van der Waals surface area contributed by atoms with Crippen LogP contribution < -0.4 is 10.2 Å². The van der Waals surface area contributed by atoms with E-state index in [1.54, 1.807) is 41.2 Å². The smallest absolute Gasteiger partial charge is 0.373 e. The monoisotopic (exact) mass is 670 g/mol. The molecule has 0 unspecified atom stereocenters. The number of nitrogens with one attached hydrogen (secondary N) is 1. The lowest BCUT2D eigenvalue weighted by Gasteiger charge is -2.40. The summed E-state index contributed by atoms with van der Waals surface area (Å²) in [4.78, 5) is 22.1. The van der Waals surface area contributed by atoms with Gasteiger partial charge in [-0.1, -0.05) is 12.8 Å². The molecule has 1 N–H and O–H groups in total. The van der Waals surface area contributed by atoms with Crippen molar-refractivity contribution in [2.45, 2.75) is 64.6 Å². The Labute approximate surface area is 282 Å². The average molecular weight is 671 g/mol. The number of hydrogen-bond donors (Lipinski definition) is 1. The second-order valence-electron chi connectivity index (χ2n) is 13.5. The standard InChI is InChI=1S/C36H37F3N8O2/c1-21(2)49-26-17-46(18-26)16-24-11-29-30(31(12-24)36(37,38)39)19-47(35(29)48)33-14-25(13-32(43-33)41-9-8-22-4-5-22)28-10-23(15-40)6-7-27(28)34-44-42-20-45(34)3/h6-7,10-14,20-22,26H,4-5,8-9,16-19H2,1-3H3,(H,41,43). The van der Waals surface area contributed by atoms with E-state index in [1.165, 1.54) is 23.8 Å². The molecule has 2 aromatic heterocycles. The number of likely N-dealkylation sites (tertiary alicyclic amines) is 1. The molecule has 0 bridgehead atoms. The molecule has 1 saturated heterocycles. The first-order valence-corrected chi connectivity index (χ1v) is 16.5. The lowest BCUT2D eigenvalue weighted by molar-refractivity contribution is -0.138. The largest absolute Gasteiger partial charge is 0.416 e. The maximum atomic E-state index is 14.5. The fraction of sp³-hybridized carbons (Fsp3) is 0.417. The fourth-order valence-electron chi connectivity index (χ4n) is 6.66. The minimum Gasteiger partial charge on any atom is -0.373 e. The van der Waals surface area contributed by atoms with E-state index in [-0.39, 0.29) is 42.2 Å². The molecule has 2 aromatic carbocycles. The molecule has 13 heteroatoms. The number of aryl methyl sites for hydroxylation is 1. The molecule has 2 fully saturated rings. The fourth-order valence-corrected chi connectivity index (χ4v) is 6.66. The highest BCUT2D eigenvalue weighted by Crippen LogP contribution is 2.41. The number of aromatic nitrogens is 4. The number of amides is 1. The van der Waals surface area contributed by atoms with Crippen LogP contribution in [0.2, 0.25) is 0 Å². The van der Waals surface area contributed by atoms with Crippen LogP contribution in [-0.4, -0.2) is 62.4 Å². The first kappa shape index (κ1) is 32.7. The van der Waals surface area contributed by atoms with E-state index in [2.05, 4.69) is 21.6 Å². The number of anilines is 2. The minimum atomic E-state index is -4.65. The zero-order chi connectivity index (χ0) is 34.4. The number of pyridine rings is 1. The van der Waals surface area contributed by atoms with Crippen molar-refractivity contribution in [2.75, 3.05) is 29.9 Å². The number of benzene rings is 2. The molecule has 7 rings (SSSR count). The van der Waals surface area contributed by atoms with Crippen molar-refractivity contribution >= 4 is 17.5 Å². The molecule has 1 aliphatic carbocycles. The van der Waals surface area contributed by atoms with Crippen LogP contribution in [0.25, 0.3) is 22.5 Å². The first-order valence-electron chi connectivity index (χ1n) is 16.5. The zero-order valence-electron chi connectivity index (χ0n) is 27.6. The van der Waals surface area contributed by atoms with Crippen molar-refractivity contribution in [3.63, 3.8) is 0 Å². The van der Waals surface area contributed by atoms with Crippen LogP contribution in [0.4, 0.5) is 24.8 Å². The molecule has 2 aliphatic heterocycles. The third-order valence-corrected chi connectivity index (χ3v) is 9.26. The SMILES string of the molecule is CC(C)OC1CN(Cc2cc3c(c(C(F)(F)F)c2)CN(c2cc(-c4cc(C#N)ccc4-c4nncn4C)cc(NCCC4CC4)n2)C3=O)C1. The van der Waals surface area contributed by atoms with Gasteiger partial charge in [-0.25, -0.2) is 4.98 Å². The summed E-state index contributed by atoms with van der Waals surface area (Å²) in [5.41, 5.74) is 1.98. The molecule has 49 heavy (non-hydrogen) atoms. The summed E-state index contributed by atoms with van der Waals surface area (Å²) < 4.78 is 51.2. The predicted octanol–water partition coefficient (Wildman–Crippen LogP) is 6.42. The lowest BCUT2D eigenvalue weighted by Crippen LogP contribution is -2.52. The van der Waals surface area contributed by atoms with Crippen LogP contribution in [0.15, 0.2) is 48.8 Å². The Morgan fingerprint density at radius 2 is 1.88 bits per heavy atom. The van der Waals surface area contributed by atoms with Crippen molar-refractivity contribution in [2.24, 2.45) is 13.0 Å². The Bertz CT molecular complexity index is 1940. The van der Waals surface area contributed by atoms with Crippen molar-refractivity contribution < 1.29 is 22.7 Å². The Morgan fingerprint density at radius 1 is 1.08 bits per heavy atom. The molecule has 10 nitrogen and oxygen atoms in total. The number of fused-ring (bicyclic) bond motifs is 1. The third-order valence-electron chi connectivity index (χ3n) is 9.26. The van der Waals surface area contributed by atoms with E-state index >= 15 is 0 Å². The van der Waals surface area contributed by atoms with Gasteiger partial charge < -0.3 is 14.6 Å². The summed E-state index contributed by atoms with van der Waals surface area (Å²) in [5, 5.41) is 21.4. The number of ether oxygens (including phenoxy) is 1. The van der Waals surface area contributed by atoms with Crippen LogP contribution in [0.5, 0.6) is 0 Å². The molecular formula is C36H37F3N8O2. The Hall–Kier alpha value is -4.80. The molecule has 1 saturated carbocycles. The number of alkyl halides is 3. The van der Waals surface area contributed by atoms with Gasteiger partial charge in [-0.2, -0.15) is 18.4 Å². The Balaban J connectivity index is 1.26. The van der Waals surface area contributed by atoms with E-state index in [0.717, 1.165) is 6.42 Å². The van der Waals surface area contributed by atoms with Gasteiger partial charge in [-0.15, -0.1) is 10.2 Å². The van der Waals surface area contributed by atoms with Crippen molar-refractivity contribution in [3.05, 3.63) is 76.6 Å². The van der Waals surface area contributed by atoms with Gasteiger partial charge >= 0.3 is 6.18 Å². The number of carbonyl (C=O) groups excluding carboxylic acids is 1. The van der Waals surface area contributed by atoms with E-state index in [0.29, 0.717) is 65.0 Å². The maximum Gasteiger partial charge on any atom is 0.416 e. The molecule has 1 amide bonds. The van der Waals surface area contributed by atoms with Crippen molar-refractivity contribution in [1.82, 2.24) is 24.6 Å². The van der Waals surface area contributed by atoms with Gasteiger partial charge in [0, 0.05) is 44.4 Å². The van der Waals surface area contributed by atoms with E-state index in [9.17, 15) is 23.2 Å². The molecule has 3 aliphatic rings. The number of carbonyl (C=O) groups is 1. The Morgan fingerprint density at radius 3 is 2.55 bits per heavy atom. The number of rotatable bonds is 11. The lowest BCUT2D eigenvalue weighted by atomic mass is 9.97. The van der Waals surface area contributed by atoms with Gasteiger partial charge in [0.25, 0.3) is 5.91 Å². The molecule has 0 radical (unpaired) electrons. The maximum absolute atomic E-state index is 14.5.